The molecule has 4 nitrogen and oxygen atoms in total. The first-order chi connectivity index (χ1) is 9.69. The molecular formula is C16H24N2O2. The average molecular weight is 276 g/mol. The maximum Gasteiger partial charge on any atom is 0.180 e. The van der Waals surface area contributed by atoms with E-state index in [0.29, 0.717) is 24.3 Å². The molecule has 0 aromatic rings. The topological polar surface area (TPSA) is 43.2 Å². The van der Waals surface area contributed by atoms with Gasteiger partial charge in [0.25, 0.3) is 0 Å². The molecule has 0 radical (unpaired) electrons. The quantitative estimate of drug-likeness (QED) is 0.739. The first-order valence-corrected chi connectivity index (χ1v) is 8.11. The van der Waals surface area contributed by atoms with Crippen LogP contribution in [0.1, 0.15) is 52.4 Å². The van der Waals surface area contributed by atoms with Crippen molar-refractivity contribution in [2.75, 3.05) is 0 Å². The Morgan fingerprint density at radius 1 is 0.750 bits per heavy atom. The van der Waals surface area contributed by atoms with E-state index in [4.69, 9.17) is 9.47 Å². The third-order valence-electron chi connectivity index (χ3n) is 5.60. The molecule has 4 aliphatic rings. The number of nitrogens with zero attached hydrogens (tertiary/aromatic N) is 2. The first kappa shape index (κ1) is 12.7. The molecule has 0 spiro atoms. The van der Waals surface area contributed by atoms with Gasteiger partial charge >= 0.3 is 0 Å². The van der Waals surface area contributed by atoms with Crippen molar-refractivity contribution in [1.82, 2.24) is 0 Å². The lowest BCUT2D eigenvalue weighted by molar-refractivity contribution is 0.0649. The van der Waals surface area contributed by atoms with Gasteiger partial charge in [-0.1, -0.05) is 0 Å². The summed E-state index contributed by atoms with van der Waals surface area (Å²) in [6, 6.07) is 0.855. The highest BCUT2D eigenvalue weighted by Crippen LogP contribution is 2.43. The second-order valence-corrected chi connectivity index (χ2v) is 6.89. The van der Waals surface area contributed by atoms with Crippen LogP contribution in [0.2, 0.25) is 0 Å². The molecule has 110 valence electrons. The fraction of sp³-hybridized carbons (Fsp3) is 0.875. The maximum atomic E-state index is 5.79. The molecular weight excluding hydrogens is 252 g/mol. The molecule has 2 aliphatic heterocycles. The Morgan fingerprint density at radius 2 is 1.20 bits per heavy atom. The number of ether oxygens (including phenoxy) is 2. The summed E-state index contributed by atoms with van der Waals surface area (Å²) in [6.07, 6.45) is 8.14. The Bertz CT molecular complexity index is 417. The van der Waals surface area contributed by atoms with Gasteiger partial charge in [-0.25, -0.2) is 9.98 Å². The van der Waals surface area contributed by atoms with Gasteiger partial charge in [0, 0.05) is 13.8 Å². The van der Waals surface area contributed by atoms with Gasteiger partial charge in [0.2, 0.25) is 0 Å². The lowest BCUT2D eigenvalue weighted by Gasteiger charge is -2.38. The van der Waals surface area contributed by atoms with Gasteiger partial charge < -0.3 is 9.47 Å². The smallest absolute Gasteiger partial charge is 0.180 e. The second kappa shape index (κ2) is 4.74. The molecule has 2 aliphatic carbocycles. The summed E-state index contributed by atoms with van der Waals surface area (Å²) in [5, 5.41) is 0. The van der Waals surface area contributed by atoms with Gasteiger partial charge in [-0.2, -0.15) is 0 Å². The predicted octanol–water partition coefficient (Wildman–Crippen LogP) is 2.96. The van der Waals surface area contributed by atoms with Gasteiger partial charge in [0.15, 0.2) is 11.8 Å². The Kier molecular flexibility index (Phi) is 3.00. The Hall–Kier alpha value is -1.06. The van der Waals surface area contributed by atoms with Crippen LogP contribution >= 0.6 is 0 Å². The largest absolute Gasteiger partial charge is 0.476 e. The van der Waals surface area contributed by atoms with Crippen molar-refractivity contribution < 1.29 is 9.47 Å². The minimum absolute atomic E-state index is 0.373. The van der Waals surface area contributed by atoms with Crippen molar-refractivity contribution in [3.63, 3.8) is 0 Å². The highest BCUT2D eigenvalue weighted by molar-refractivity contribution is 5.75. The minimum Gasteiger partial charge on any atom is -0.476 e. The van der Waals surface area contributed by atoms with Crippen LogP contribution < -0.4 is 0 Å². The zero-order valence-electron chi connectivity index (χ0n) is 12.4. The van der Waals surface area contributed by atoms with E-state index in [-0.39, 0.29) is 0 Å². The van der Waals surface area contributed by atoms with Crippen LogP contribution in [0.15, 0.2) is 9.98 Å². The summed E-state index contributed by atoms with van der Waals surface area (Å²) in [7, 11) is 0. The molecule has 0 bridgehead atoms. The van der Waals surface area contributed by atoms with Crippen molar-refractivity contribution in [1.29, 1.82) is 0 Å². The summed E-state index contributed by atoms with van der Waals surface area (Å²) >= 11 is 0. The van der Waals surface area contributed by atoms with E-state index in [9.17, 15) is 0 Å². The van der Waals surface area contributed by atoms with Gasteiger partial charge in [0.05, 0.1) is 12.1 Å². The number of aliphatic imine (C=N–C) groups is 2. The van der Waals surface area contributed by atoms with Gasteiger partial charge in [-0.15, -0.1) is 0 Å². The van der Waals surface area contributed by atoms with E-state index in [1.165, 1.54) is 38.5 Å². The summed E-state index contributed by atoms with van der Waals surface area (Å²) in [4.78, 5) is 9.35. The maximum absolute atomic E-state index is 5.79. The Balaban J connectivity index is 1.41. The van der Waals surface area contributed by atoms with Crippen molar-refractivity contribution in [3.05, 3.63) is 0 Å². The zero-order chi connectivity index (χ0) is 13.7. The van der Waals surface area contributed by atoms with Crippen LogP contribution in [0.3, 0.4) is 0 Å². The van der Waals surface area contributed by atoms with Gasteiger partial charge in [0.1, 0.15) is 12.2 Å². The van der Waals surface area contributed by atoms with Crippen LogP contribution in [0, 0.1) is 11.8 Å². The van der Waals surface area contributed by atoms with Crippen molar-refractivity contribution in [2.45, 2.75) is 76.7 Å². The molecule has 4 rings (SSSR count). The van der Waals surface area contributed by atoms with Crippen LogP contribution in [-0.2, 0) is 9.47 Å². The molecule has 0 saturated heterocycles. The molecule has 6 atom stereocenters. The normalized spacial score (nSPS) is 46.7. The third kappa shape index (κ3) is 2.13. The predicted molar refractivity (Wildman–Crippen MR) is 78.2 cm³/mol. The fourth-order valence-corrected chi connectivity index (χ4v) is 4.67. The highest BCUT2D eigenvalue weighted by Gasteiger charge is 2.43. The SMILES string of the molecule is CC1=NC2CC(C3CCC4OC(C)=NC4C3)CCC2O1. The highest BCUT2D eigenvalue weighted by atomic mass is 16.5. The molecule has 0 amide bonds. The fourth-order valence-electron chi connectivity index (χ4n) is 4.67. The van der Waals surface area contributed by atoms with E-state index in [2.05, 4.69) is 9.98 Å². The summed E-state index contributed by atoms with van der Waals surface area (Å²) in [6.45, 7) is 3.98. The van der Waals surface area contributed by atoms with E-state index >= 15 is 0 Å². The molecule has 2 saturated carbocycles. The monoisotopic (exact) mass is 276 g/mol. The molecule has 0 aromatic heterocycles. The molecule has 4 heteroatoms. The van der Waals surface area contributed by atoms with Crippen LogP contribution in [0.5, 0.6) is 0 Å². The lowest BCUT2D eigenvalue weighted by atomic mass is 9.70. The van der Waals surface area contributed by atoms with E-state index in [1.807, 2.05) is 13.8 Å². The summed E-state index contributed by atoms with van der Waals surface area (Å²) in [5.74, 6) is 3.42. The molecule has 0 aromatic carbocycles. The van der Waals surface area contributed by atoms with Crippen LogP contribution in [-0.4, -0.2) is 36.1 Å². The summed E-state index contributed by atoms with van der Waals surface area (Å²) in [5.41, 5.74) is 0. The summed E-state index contributed by atoms with van der Waals surface area (Å²) < 4.78 is 11.6. The van der Waals surface area contributed by atoms with Gasteiger partial charge in [-0.05, 0) is 50.4 Å². The van der Waals surface area contributed by atoms with E-state index in [0.717, 1.165) is 23.6 Å². The van der Waals surface area contributed by atoms with E-state index in [1.54, 1.807) is 0 Å². The lowest BCUT2D eigenvalue weighted by Crippen LogP contribution is -2.38. The number of fused-ring (bicyclic) bond motifs is 2. The van der Waals surface area contributed by atoms with Crippen LogP contribution in [0.4, 0.5) is 0 Å². The molecule has 2 heterocycles. The zero-order valence-corrected chi connectivity index (χ0v) is 12.4. The van der Waals surface area contributed by atoms with Crippen molar-refractivity contribution >= 4 is 11.8 Å². The molecule has 2 fully saturated rings. The minimum atomic E-state index is 0.373. The third-order valence-corrected chi connectivity index (χ3v) is 5.60. The molecule has 20 heavy (non-hydrogen) atoms. The average Bonchev–Trinajstić information content (AvgIpc) is 2.97. The van der Waals surface area contributed by atoms with Crippen molar-refractivity contribution in [2.24, 2.45) is 21.8 Å². The first-order valence-electron chi connectivity index (χ1n) is 8.11. The standard InChI is InChI=1S/C16H24N2O2/c1-9-17-13-7-11(3-5-15(13)19-9)12-4-6-16-14(8-12)18-10(2)20-16/h11-16H,3-8H2,1-2H3. The van der Waals surface area contributed by atoms with E-state index < -0.39 is 0 Å². The molecule has 0 N–H and O–H groups in total. The van der Waals surface area contributed by atoms with Crippen LogP contribution in [0.25, 0.3) is 0 Å². The van der Waals surface area contributed by atoms with Gasteiger partial charge in [-0.3, -0.25) is 0 Å². The second-order valence-electron chi connectivity index (χ2n) is 6.89. The Morgan fingerprint density at radius 3 is 1.65 bits per heavy atom. The number of rotatable bonds is 1. The Labute approximate surface area is 120 Å². The number of hydrogen-bond acceptors (Lipinski definition) is 4. The van der Waals surface area contributed by atoms with Crippen molar-refractivity contribution in [3.8, 4) is 0 Å². The number of hydrogen-bond donors (Lipinski definition) is 0. The molecule has 6 unspecified atom stereocenters.